The highest BCUT2D eigenvalue weighted by Gasteiger charge is 2.30. The number of ether oxygens (including phenoxy) is 1. The van der Waals surface area contributed by atoms with Gasteiger partial charge in [0, 0.05) is 34.5 Å². The van der Waals surface area contributed by atoms with Gasteiger partial charge < -0.3 is 15.4 Å². The van der Waals surface area contributed by atoms with E-state index in [0.29, 0.717) is 29.4 Å². The highest BCUT2D eigenvalue weighted by atomic mass is 127. The highest BCUT2D eigenvalue weighted by molar-refractivity contribution is 14.1. The van der Waals surface area contributed by atoms with E-state index in [-0.39, 0.29) is 29.4 Å². The van der Waals surface area contributed by atoms with Gasteiger partial charge in [0.25, 0.3) is 0 Å². The van der Waals surface area contributed by atoms with E-state index in [1.165, 1.54) is 0 Å². The second-order valence-electron chi connectivity index (χ2n) is 9.70. The molecule has 2 N–H and O–H groups in total. The Hall–Kier alpha value is -0.370. The average Bonchev–Trinajstić information content (AvgIpc) is 2.53. The van der Waals surface area contributed by atoms with Crippen LogP contribution >= 0.6 is 22.6 Å². The SMILES string of the molecule is CC(CC(C)C(C)I)NC(=O)C(C)(C)CCOC(C)(C)CCNC(=O)C(C)C. The van der Waals surface area contributed by atoms with Crippen LogP contribution in [0.5, 0.6) is 0 Å². The molecule has 0 rings (SSSR count). The molecule has 0 heterocycles. The molecule has 3 unspecified atom stereocenters. The van der Waals surface area contributed by atoms with Crippen molar-refractivity contribution in [1.29, 1.82) is 0 Å². The van der Waals surface area contributed by atoms with Crippen molar-refractivity contribution in [2.24, 2.45) is 17.3 Å². The van der Waals surface area contributed by atoms with Gasteiger partial charge in [0.2, 0.25) is 11.8 Å². The molecule has 0 aliphatic rings. The standard InChI is InChI=1S/C22H43IN2O3/c1-15(2)19(26)24-12-10-22(8,9)28-13-11-21(6,7)20(27)25-17(4)14-16(3)18(5)23/h15-18H,10-14H2,1-9H3,(H,24,26)(H,25,27). The van der Waals surface area contributed by atoms with Gasteiger partial charge >= 0.3 is 0 Å². The van der Waals surface area contributed by atoms with Crippen molar-refractivity contribution in [3.05, 3.63) is 0 Å². The monoisotopic (exact) mass is 510 g/mol. The number of carbonyl (C=O) groups is 2. The first kappa shape index (κ1) is 27.6. The third-order valence-corrected chi connectivity index (χ3v) is 6.50. The number of amides is 2. The molecule has 0 radical (unpaired) electrons. The summed E-state index contributed by atoms with van der Waals surface area (Å²) in [6, 6.07) is 0.168. The maximum Gasteiger partial charge on any atom is 0.225 e. The van der Waals surface area contributed by atoms with Gasteiger partial charge in [0.05, 0.1) is 5.60 Å². The van der Waals surface area contributed by atoms with E-state index >= 15 is 0 Å². The van der Waals surface area contributed by atoms with E-state index in [1.807, 2.05) is 41.5 Å². The van der Waals surface area contributed by atoms with Crippen LogP contribution < -0.4 is 10.6 Å². The Morgan fingerprint density at radius 2 is 1.57 bits per heavy atom. The summed E-state index contributed by atoms with van der Waals surface area (Å²) in [5.74, 6) is 0.709. The molecule has 0 aromatic heterocycles. The second-order valence-corrected chi connectivity index (χ2v) is 11.7. The lowest BCUT2D eigenvalue weighted by molar-refractivity contribution is -0.132. The summed E-state index contributed by atoms with van der Waals surface area (Å²) < 4.78 is 6.62. The number of alkyl halides is 1. The zero-order valence-corrected chi connectivity index (χ0v) is 21.6. The number of hydrogen-bond acceptors (Lipinski definition) is 3. The molecule has 0 aliphatic heterocycles. The first-order valence-corrected chi connectivity index (χ1v) is 11.8. The first-order valence-electron chi connectivity index (χ1n) is 10.5. The predicted molar refractivity (Wildman–Crippen MR) is 126 cm³/mol. The average molecular weight is 511 g/mol. The molecular formula is C22H43IN2O3. The normalized spacial score (nSPS) is 15.8. The Kier molecular flexibility index (Phi) is 12.2. The van der Waals surface area contributed by atoms with E-state index in [0.717, 1.165) is 12.8 Å². The summed E-state index contributed by atoms with van der Waals surface area (Å²) in [4.78, 5) is 24.3. The van der Waals surface area contributed by atoms with Crippen LogP contribution in [0.1, 0.15) is 81.6 Å². The largest absolute Gasteiger partial charge is 0.375 e. The Balaban J connectivity index is 4.35. The van der Waals surface area contributed by atoms with Gasteiger partial charge in [-0.2, -0.15) is 0 Å². The van der Waals surface area contributed by atoms with E-state index in [1.54, 1.807) is 0 Å². The molecule has 0 saturated carbocycles. The summed E-state index contributed by atoms with van der Waals surface area (Å²) >= 11 is 2.44. The highest BCUT2D eigenvalue weighted by Crippen LogP contribution is 2.24. The van der Waals surface area contributed by atoms with Gasteiger partial charge in [-0.05, 0) is 46.0 Å². The van der Waals surface area contributed by atoms with Crippen LogP contribution in [-0.2, 0) is 14.3 Å². The second kappa shape index (κ2) is 12.4. The molecule has 2 amide bonds. The van der Waals surface area contributed by atoms with Gasteiger partial charge in [-0.15, -0.1) is 0 Å². The quantitative estimate of drug-likeness (QED) is 0.279. The molecule has 0 saturated heterocycles. The third kappa shape index (κ3) is 11.6. The Labute approximate surface area is 186 Å². The van der Waals surface area contributed by atoms with E-state index in [4.69, 9.17) is 4.74 Å². The number of nitrogens with one attached hydrogen (secondary N) is 2. The summed E-state index contributed by atoms with van der Waals surface area (Å²) in [7, 11) is 0. The van der Waals surface area contributed by atoms with Crippen LogP contribution in [0.15, 0.2) is 0 Å². The zero-order valence-electron chi connectivity index (χ0n) is 19.4. The molecular weight excluding hydrogens is 467 g/mol. The van der Waals surface area contributed by atoms with Crippen LogP contribution in [0, 0.1) is 17.3 Å². The molecule has 5 nitrogen and oxygen atoms in total. The smallest absolute Gasteiger partial charge is 0.225 e. The van der Waals surface area contributed by atoms with Crippen molar-refractivity contribution >= 4 is 34.4 Å². The zero-order chi connectivity index (χ0) is 22.1. The fourth-order valence-electron chi connectivity index (χ4n) is 2.68. The third-order valence-electron chi connectivity index (χ3n) is 5.27. The molecule has 28 heavy (non-hydrogen) atoms. The number of rotatable bonds is 13. The minimum absolute atomic E-state index is 0.00573. The topological polar surface area (TPSA) is 67.4 Å². The molecule has 0 spiro atoms. The van der Waals surface area contributed by atoms with E-state index in [2.05, 4.69) is 54.0 Å². The number of halogens is 1. The molecule has 0 aromatic carbocycles. The van der Waals surface area contributed by atoms with Crippen molar-refractivity contribution in [3.63, 3.8) is 0 Å². The van der Waals surface area contributed by atoms with Crippen molar-refractivity contribution < 1.29 is 14.3 Å². The van der Waals surface area contributed by atoms with Crippen molar-refractivity contribution in [1.82, 2.24) is 10.6 Å². The van der Waals surface area contributed by atoms with Gasteiger partial charge in [-0.3, -0.25) is 9.59 Å². The number of hydrogen-bond donors (Lipinski definition) is 2. The summed E-state index contributed by atoms with van der Waals surface area (Å²) in [5.41, 5.74) is -0.814. The molecule has 0 aliphatic carbocycles. The summed E-state index contributed by atoms with van der Waals surface area (Å²) in [5, 5.41) is 6.09. The molecule has 6 heteroatoms. The molecule has 3 atom stereocenters. The maximum absolute atomic E-state index is 12.7. The molecule has 0 bridgehead atoms. The van der Waals surface area contributed by atoms with Crippen LogP contribution in [0.3, 0.4) is 0 Å². The lowest BCUT2D eigenvalue weighted by Gasteiger charge is -2.30. The van der Waals surface area contributed by atoms with Crippen LogP contribution in [0.25, 0.3) is 0 Å². The van der Waals surface area contributed by atoms with Crippen molar-refractivity contribution in [2.45, 2.75) is 97.1 Å². The van der Waals surface area contributed by atoms with Gasteiger partial charge in [0.15, 0.2) is 0 Å². The molecule has 166 valence electrons. The fourth-order valence-corrected chi connectivity index (χ4v) is 2.98. The number of carbonyl (C=O) groups excluding carboxylic acids is 2. The Morgan fingerprint density at radius 1 is 1.00 bits per heavy atom. The summed E-state index contributed by atoms with van der Waals surface area (Å²) in [6.07, 6.45) is 2.38. The molecule has 0 aromatic rings. The lowest BCUT2D eigenvalue weighted by atomic mass is 9.87. The molecule has 0 fully saturated rings. The van der Waals surface area contributed by atoms with Crippen LogP contribution in [0.2, 0.25) is 0 Å². The maximum atomic E-state index is 12.7. The van der Waals surface area contributed by atoms with Crippen molar-refractivity contribution in [2.75, 3.05) is 13.2 Å². The summed E-state index contributed by atoms with van der Waals surface area (Å²) in [6.45, 7) is 19.4. The van der Waals surface area contributed by atoms with Crippen LogP contribution in [-0.4, -0.2) is 40.5 Å². The van der Waals surface area contributed by atoms with Gasteiger partial charge in [0.1, 0.15) is 0 Å². The Bertz CT molecular complexity index is 490. The van der Waals surface area contributed by atoms with E-state index in [9.17, 15) is 9.59 Å². The van der Waals surface area contributed by atoms with E-state index < -0.39 is 5.41 Å². The van der Waals surface area contributed by atoms with Crippen LogP contribution in [0.4, 0.5) is 0 Å². The van der Waals surface area contributed by atoms with Crippen molar-refractivity contribution in [3.8, 4) is 0 Å². The Morgan fingerprint density at radius 3 is 2.07 bits per heavy atom. The van der Waals surface area contributed by atoms with Gasteiger partial charge in [-0.25, -0.2) is 0 Å². The lowest BCUT2D eigenvalue weighted by Crippen LogP contribution is -2.43. The minimum Gasteiger partial charge on any atom is -0.375 e. The predicted octanol–water partition coefficient (Wildman–Crippen LogP) is 4.71. The minimum atomic E-state index is -0.477. The van der Waals surface area contributed by atoms with Gasteiger partial charge in [-0.1, -0.05) is 64.1 Å². The fraction of sp³-hybridized carbons (Fsp3) is 0.909. The first-order chi connectivity index (χ1) is 12.7.